The Morgan fingerprint density at radius 3 is 2.65 bits per heavy atom. The first kappa shape index (κ1) is 15.3. The molecule has 1 atom stereocenters. The molecule has 20 heavy (non-hydrogen) atoms. The second-order valence-corrected chi connectivity index (χ2v) is 6.84. The summed E-state index contributed by atoms with van der Waals surface area (Å²) in [7, 11) is -3.60. The van der Waals surface area contributed by atoms with E-state index in [1.807, 2.05) is 12.1 Å². The van der Waals surface area contributed by atoms with Crippen molar-refractivity contribution >= 4 is 15.7 Å². The van der Waals surface area contributed by atoms with Crippen LogP contribution in [0.5, 0.6) is 0 Å². The van der Waals surface area contributed by atoms with Crippen molar-refractivity contribution in [2.45, 2.75) is 37.1 Å². The van der Waals surface area contributed by atoms with E-state index in [2.05, 4.69) is 17.1 Å². The number of hydrogen-bond acceptors (Lipinski definition) is 4. The van der Waals surface area contributed by atoms with Gasteiger partial charge in [-0.15, -0.1) is 0 Å². The van der Waals surface area contributed by atoms with E-state index in [4.69, 9.17) is 5.14 Å². The summed E-state index contributed by atoms with van der Waals surface area (Å²) in [6, 6.07) is 7.34. The number of nitrogens with two attached hydrogens (primary N) is 1. The van der Waals surface area contributed by atoms with Gasteiger partial charge in [-0.2, -0.15) is 0 Å². The third-order valence-corrected chi connectivity index (χ3v) is 4.56. The molecule has 0 saturated carbocycles. The van der Waals surface area contributed by atoms with Crippen molar-refractivity contribution in [3.63, 3.8) is 0 Å². The highest BCUT2D eigenvalue weighted by molar-refractivity contribution is 7.89. The summed E-state index contributed by atoms with van der Waals surface area (Å²) < 4.78 is 22.5. The molecule has 0 radical (unpaired) electrons. The van der Waals surface area contributed by atoms with Crippen molar-refractivity contribution in [1.82, 2.24) is 5.32 Å². The first-order chi connectivity index (χ1) is 9.50. The van der Waals surface area contributed by atoms with Crippen molar-refractivity contribution in [3.8, 4) is 0 Å². The second kappa shape index (κ2) is 6.56. The van der Waals surface area contributed by atoms with E-state index in [0.29, 0.717) is 6.04 Å². The van der Waals surface area contributed by atoms with Crippen LogP contribution in [0.1, 0.15) is 26.2 Å². The third kappa shape index (κ3) is 3.94. The van der Waals surface area contributed by atoms with Crippen LogP contribution in [-0.4, -0.2) is 34.1 Å². The van der Waals surface area contributed by atoms with E-state index in [-0.39, 0.29) is 4.90 Å². The molecule has 1 heterocycles. The normalized spacial score (nSPS) is 20.1. The fraction of sp³-hybridized carbons (Fsp3) is 0.571. The van der Waals surface area contributed by atoms with Crippen molar-refractivity contribution in [3.05, 3.63) is 24.3 Å². The van der Waals surface area contributed by atoms with Crippen molar-refractivity contribution in [2.75, 3.05) is 24.5 Å². The van der Waals surface area contributed by atoms with Crippen LogP contribution in [0.4, 0.5) is 5.69 Å². The minimum atomic E-state index is -3.60. The molecule has 0 spiro atoms. The fourth-order valence-corrected chi connectivity index (χ4v) is 3.09. The maximum atomic E-state index is 11.2. The Morgan fingerprint density at radius 1 is 1.35 bits per heavy atom. The molecule has 1 unspecified atom stereocenters. The zero-order valence-electron chi connectivity index (χ0n) is 11.9. The average Bonchev–Trinajstić information content (AvgIpc) is 2.45. The van der Waals surface area contributed by atoms with Gasteiger partial charge in [0, 0.05) is 24.8 Å². The lowest BCUT2D eigenvalue weighted by molar-refractivity contribution is 0.423. The molecule has 1 fully saturated rings. The molecule has 1 aliphatic rings. The Morgan fingerprint density at radius 2 is 2.05 bits per heavy atom. The zero-order valence-corrected chi connectivity index (χ0v) is 12.7. The van der Waals surface area contributed by atoms with Crippen LogP contribution in [-0.2, 0) is 10.0 Å². The molecule has 2 rings (SSSR count). The fourth-order valence-electron chi connectivity index (χ4n) is 2.57. The van der Waals surface area contributed by atoms with Crippen LogP contribution in [0, 0.1) is 0 Å². The van der Waals surface area contributed by atoms with Gasteiger partial charge in [0.15, 0.2) is 0 Å². The van der Waals surface area contributed by atoms with Crippen molar-refractivity contribution < 1.29 is 8.42 Å². The van der Waals surface area contributed by atoms with Crippen molar-refractivity contribution in [2.24, 2.45) is 5.14 Å². The first-order valence-electron chi connectivity index (χ1n) is 7.12. The maximum Gasteiger partial charge on any atom is 0.238 e. The second-order valence-electron chi connectivity index (χ2n) is 5.28. The van der Waals surface area contributed by atoms with Crippen molar-refractivity contribution in [1.29, 1.82) is 0 Å². The SMILES string of the molecule is CCCNC1CCCN(c2ccc(S(N)(=O)=O)cc2)C1. The molecular formula is C14H23N3O2S. The van der Waals surface area contributed by atoms with E-state index >= 15 is 0 Å². The molecule has 0 aromatic heterocycles. The van der Waals surface area contributed by atoms with Gasteiger partial charge in [0.25, 0.3) is 0 Å². The zero-order chi connectivity index (χ0) is 14.6. The summed E-state index contributed by atoms with van der Waals surface area (Å²) in [6.45, 7) is 5.19. The number of hydrogen-bond donors (Lipinski definition) is 2. The number of primary sulfonamides is 1. The summed E-state index contributed by atoms with van der Waals surface area (Å²) in [5, 5.41) is 8.66. The maximum absolute atomic E-state index is 11.2. The molecule has 1 aromatic rings. The molecule has 0 aliphatic carbocycles. The number of anilines is 1. The highest BCUT2D eigenvalue weighted by Crippen LogP contribution is 2.21. The Balaban J connectivity index is 2.04. The summed E-state index contributed by atoms with van der Waals surface area (Å²) in [5.41, 5.74) is 1.06. The standard InChI is InChI=1S/C14H23N3O2S/c1-2-9-16-12-4-3-10-17(11-12)13-5-7-14(8-6-13)20(15,18)19/h5-8,12,16H,2-4,9-11H2,1H3,(H2,15,18,19). The van der Waals surface area contributed by atoms with Gasteiger partial charge in [-0.1, -0.05) is 6.92 Å². The Hall–Kier alpha value is -1.11. The largest absolute Gasteiger partial charge is 0.370 e. The highest BCUT2D eigenvalue weighted by atomic mass is 32.2. The lowest BCUT2D eigenvalue weighted by atomic mass is 10.0. The van der Waals surface area contributed by atoms with Gasteiger partial charge in [-0.05, 0) is 50.1 Å². The molecule has 112 valence electrons. The molecule has 0 amide bonds. The third-order valence-electron chi connectivity index (χ3n) is 3.63. The predicted octanol–water partition coefficient (Wildman–Crippen LogP) is 1.30. The molecule has 1 aliphatic heterocycles. The molecule has 0 bridgehead atoms. The number of benzene rings is 1. The molecular weight excluding hydrogens is 274 g/mol. The minimum Gasteiger partial charge on any atom is -0.370 e. The topological polar surface area (TPSA) is 75.4 Å². The number of rotatable bonds is 5. The van der Waals surface area contributed by atoms with Gasteiger partial charge in [0.1, 0.15) is 0 Å². The average molecular weight is 297 g/mol. The van der Waals surface area contributed by atoms with E-state index in [1.54, 1.807) is 12.1 Å². The summed E-state index contributed by atoms with van der Waals surface area (Å²) >= 11 is 0. The van der Waals surface area contributed by atoms with Gasteiger partial charge >= 0.3 is 0 Å². The molecule has 3 N–H and O–H groups in total. The quantitative estimate of drug-likeness (QED) is 0.859. The summed E-state index contributed by atoms with van der Waals surface area (Å²) in [6.07, 6.45) is 3.49. The molecule has 1 saturated heterocycles. The number of nitrogens with one attached hydrogen (secondary N) is 1. The lowest BCUT2D eigenvalue weighted by Gasteiger charge is -2.35. The summed E-state index contributed by atoms with van der Waals surface area (Å²) in [5.74, 6) is 0. The number of nitrogens with zero attached hydrogens (tertiary/aromatic N) is 1. The van der Waals surface area contributed by atoms with E-state index < -0.39 is 10.0 Å². The van der Waals surface area contributed by atoms with Crippen LogP contribution in [0.3, 0.4) is 0 Å². The molecule has 1 aromatic carbocycles. The highest BCUT2D eigenvalue weighted by Gasteiger charge is 2.19. The first-order valence-corrected chi connectivity index (χ1v) is 8.66. The monoisotopic (exact) mass is 297 g/mol. The van der Waals surface area contributed by atoms with Gasteiger partial charge in [-0.3, -0.25) is 0 Å². The predicted molar refractivity (Wildman–Crippen MR) is 81.3 cm³/mol. The number of sulfonamides is 1. The van der Waals surface area contributed by atoms with E-state index in [1.165, 1.54) is 6.42 Å². The Labute approximate surface area is 121 Å². The van der Waals surface area contributed by atoms with E-state index in [0.717, 1.165) is 38.2 Å². The van der Waals surface area contributed by atoms with Crippen LogP contribution >= 0.6 is 0 Å². The molecule has 5 nitrogen and oxygen atoms in total. The van der Waals surface area contributed by atoms with Crippen LogP contribution in [0.15, 0.2) is 29.2 Å². The van der Waals surface area contributed by atoms with Gasteiger partial charge < -0.3 is 10.2 Å². The number of piperidine rings is 1. The van der Waals surface area contributed by atoms with Crippen LogP contribution < -0.4 is 15.4 Å². The lowest BCUT2D eigenvalue weighted by Crippen LogP contribution is -2.46. The molecule has 6 heteroatoms. The Kier molecular flexibility index (Phi) is 5.01. The van der Waals surface area contributed by atoms with Gasteiger partial charge in [-0.25, -0.2) is 13.6 Å². The van der Waals surface area contributed by atoms with E-state index in [9.17, 15) is 8.42 Å². The van der Waals surface area contributed by atoms with Crippen LogP contribution in [0.2, 0.25) is 0 Å². The van der Waals surface area contributed by atoms with Crippen LogP contribution in [0.25, 0.3) is 0 Å². The van der Waals surface area contributed by atoms with Gasteiger partial charge in [0.05, 0.1) is 4.90 Å². The smallest absolute Gasteiger partial charge is 0.238 e. The summed E-state index contributed by atoms with van der Waals surface area (Å²) in [4.78, 5) is 2.46. The Bertz CT molecular complexity index is 528. The minimum absolute atomic E-state index is 0.166. The van der Waals surface area contributed by atoms with Gasteiger partial charge in [0.2, 0.25) is 10.0 Å².